The van der Waals surface area contributed by atoms with Gasteiger partial charge in [-0.1, -0.05) is 26.2 Å². The number of alkyl halides is 1. The molecule has 1 aromatic rings. The van der Waals surface area contributed by atoms with Crippen LogP contribution in [-0.2, 0) is 0 Å². The van der Waals surface area contributed by atoms with Crippen LogP contribution in [0.4, 0.5) is 16.2 Å². The number of primary amides is 1. The summed E-state index contributed by atoms with van der Waals surface area (Å²) < 4.78 is 13.7. The van der Waals surface area contributed by atoms with Crippen molar-refractivity contribution in [1.82, 2.24) is 9.97 Å². The lowest BCUT2D eigenvalue weighted by molar-refractivity contribution is 0.100. The number of carbonyl (C=O) groups is 1. The van der Waals surface area contributed by atoms with Gasteiger partial charge in [-0.3, -0.25) is 4.79 Å². The van der Waals surface area contributed by atoms with Gasteiger partial charge in [-0.2, -0.15) is 4.98 Å². The van der Waals surface area contributed by atoms with E-state index in [1.54, 1.807) is 0 Å². The summed E-state index contributed by atoms with van der Waals surface area (Å²) in [6, 6.07) is 0.0277. The molecule has 0 aliphatic heterocycles. The van der Waals surface area contributed by atoms with Crippen LogP contribution in [0.15, 0.2) is 6.20 Å². The molecule has 5 N–H and O–H groups in total. The number of amides is 1. The zero-order valence-electron chi connectivity index (χ0n) is 17.3. The Morgan fingerprint density at radius 1 is 1.31 bits per heavy atom. The Morgan fingerprint density at radius 3 is 2.72 bits per heavy atom. The summed E-state index contributed by atoms with van der Waals surface area (Å²) in [5.41, 5.74) is 5.55. The maximum Gasteiger partial charge on any atom is 0.254 e. The van der Waals surface area contributed by atoms with E-state index in [4.69, 9.17) is 5.73 Å². The highest BCUT2D eigenvalue weighted by Gasteiger charge is 2.35. The van der Waals surface area contributed by atoms with Gasteiger partial charge in [-0.15, -0.1) is 0 Å². The van der Waals surface area contributed by atoms with Crippen LogP contribution < -0.4 is 16.4 Å². The van der Waals surface area contributed by atoms with E-state index in [9.17, 15) is 14.3 Å². The largest absolute Gasteiger partial charge is 0.393 e. The standard InChI is InChI=1S/C21H34FN5O2/c1-2-9-21(10-7-14(22)8-11-21)27-20-24-13-17(18(23)29)19(26-20)25-15-5-3-4-6-16(28)12-15/h13-16,28H,2-12H2,1H3,(H2,23,29)(H2,24,25,26,27)/t14?,15-,16+,21?/m1/s1. The predicted octanol–water partition coefficient (Wildman–Crippen LogP) is 3.54. The molecule has 2 atom stereocenters. The van der Waals surface area contributed by atoms with Crippen molar-refractivity contribution in [3.05, 3.63) is 11.8 Å². The number of anilines is 2. The second-order valence-electron chi connectivity index (χ2n) is 8.67. The van der Waals surface area contributed by atoms with Gasteiger partial charge in [0.15, 0.2) is 0 Å². The van der Waals surface area contributed by atoms with Crippen LogP contribution in [0.5, 0.6) is 0 Å². The van der Waals surface area contributed by atoms with Crippen LogP contribution in [-0.4, -0.2) is 44.8 Å². The molecule has 0 bridgehead atoms. The fourth-order valence-electron chi connectivity index (χ4n) is 4.68. The third-order valence-corrected chi connectivity index (χ3v) is 6.27. The van der Waals surface area contributed by atoms with Gasteiger partial charge in [0, 0.05) is 17.8 Å². The number of hydrogen-bond donors (Lipinski definition) is 4. The summed E-state index contributed by atoms with van der Waals surface area (Å²) in [5, 5.41) is 16.9. The fraction of sp³-hybridized carbons (Fsp3) is 0.762. The summed E-state index contributed by atoms with van der Waals surface area (Å²) in [6.07, 6.45) is 9.13. The van der Waals surface area contributed by atoms with Crippen LogP contribution in [0, 0.1) is 0 Å². The number of carbonyl (C=O) groups excluding carboxylic acids is 1. The molecule has 0 aromatic carbocycles. The second-order valence-corrected chi connectivity index (χ2v) is 8.67. The number of nitrogens with zero attached hydrogens (tertiary/aromatic N) is 2. The Labute approximate surface area is 172 Å². The lowest BCUT2D eigenvalue weighted by atomic mass is 9.78. The minimum absolute atomic E-state index is 0.0277. The lowest BCUT2D eigenvalue weighted by Crippen LogP contribution is -2.43. The third-order valence-electron chi connectivity index (χ3n) is 6.27. The molecule has 1 heterocycles. The molecule has 7 nitrogen and oxygen atoms in total. The quantitative estimate of drug-likeness (QED) is 0.514. The maximum atomic E-state index is 13.7. The van der Waals surface area contributed by atoms with E-state index in [0.29, 0.717) is 31.0 Å². The first-order chi connectivity index (χ1) is 13.9. The molecule has 1 amide bonds. The second kappa shape index (κ2) is 9.69. The first kappa shape index (κ1) is 21.7. The van der Waals surface area contributed by atoms with E-state index >= 15 is 0 Å². The number of nitrogens with two attached hydrogens (primary N) is 1. The molecule has 3 rings (SSSR count). The van der Waals surface area contributed by atoms with Gasteiger partial charge in [0.25, 0.3) is 5.91 Å². The maximum absolute atomic E-state index is 13.7. The normalized spacial score (nSPS) is 30.4. The molecule has 0 saturated heterocycles. The van der Waals surface area contributed by atoms with E-state index in [2.05, 4.69) is 27.5 Å². The molecule has 0 spiro atoms. The van der Waals surface area contributed by atoms with Crippen molar-refractivity contribution in [2.75, 3.05) is 10.6 Å². The van der Waals surface area contributed by atoms with Gasteiger partial charge in [0.05, 0.1) is 11.7 Å². The Bertz CT molecular complexity index is 694. The molecule has 1 aromatic heterocycles. The van der Waals surface area contributed by atoms with E-state index in [1.165, 1.54) is 6.20 Å². The van der Waals surface area contributed by atoms with Gasteiger partial charge in [-0.25, -0.2) is 9.37 Å². The number of halogens is 1. The molecule has 29 heavy (non-hydrogen) atoms. The highest BCUT2D eigenvalue weighted by Crippen LogP contribution is 2.36. The monoisotopic (exact) mass is 407 g/mol. The molecule has 2 fully saturated rings. The minimum Gasteiger partial charge on any atom is -0.393 e. The van der Waals surface area contributed by atoms with Gasteiger partial charge in [0.2, 0.25) is 5.95 Å². The highest BCUT2D eigenvalue weighted by molar-refractivity contribution is 5.97. The van der Waals surface area contributed by atoms with Crippen LogP contribution in [0.25, 0.3) is 0 Å². The summed E-state index contributed by atoms with van der Waals surface area (Å²) in [7, 11) is 0. The molecule has 2 saturated carbocycles. The van der Waals surface area contributed by atoms with Crippen molar-refractivity contribution in [3.63, 3.8) is 0 Å². The minimum atomic E-state index is -0.737. The summed E-state index contributed by atoms with van der Waals surface area (Å²) in [6.45, 7) is 2.12. The van der Waals surface area contributed by atoms with Crippen LogP contribution >= 0.6 is 0 Å². The van der Waals surface area contributed by atoms with E-state index in [1.807, 2.05) is 0 Å². The van der Waals surface area contributed by atoms with Crippen LogP contribution in [0.2, 0.25) is 0 Å². The Morgan fingerprint density at radius 2 is 2.03 bits per heavy atom. The number of rotatable bonds is 7. The highest BCUT2D eigenvalue weighted by atomic mass is 19.1. The zero-order valence-corrected chi connectivity index (χ0v) is 17.3. The Balaban J connectivity index is 1.80. The number of aliphatic hydroxyl groups is 1. The lowest BCUT2D eigenvalue weighted by Gasteiger charge is -2.39. The molecule has 0 radical (unpaired) electrons. The van der Waals surface area contributed by atoms with E-state index < -0.39 is 12.1 Å². The van der Waals surface area contributed by atoms with Crippen LogP contribution in [0.3, 0.4) is 0 Å². The van der Waals surface area contributed by atoms with Crippen molar-refractivity contribution in [2.24, 2.45) is 5.73 Å². The molecule has 2 aliphatic carbocycles. The molecule has 0 unspecified atom stereocenters. The topological polar surface area (TPSA) is 113 Å². The van der Waals surface area contributed by atoms with Gasteiger partial charge >= 0.3 is 0 Å². The summed E-state index contributed by atoms with van der Waals surface area (Å²) >= 11 is 0. The molecular formula is C21H34FN5O2. The summed E-state index contributed by atoms with van der Waals surface area (Å²) in [4.78, 5) is 20.8. The number of hydrogen-bond acceptors (Lipinski definition) is 6. The molecule has 162 valence electrons. The SMILES string of the molecule is CCCC1(Nc2ncc(C(N)=O)c(N[C@@H]3CCCC[C@H](O)C3)n2)CCC(F)CC1. The van der Waals surface area contributed by atoms with Crippen molar-refractivity contribution in [3.8, 4) is 0 Å². The van der Waals surface area contributed by atoms with E-state index in [0.717, 1.165) is 51.4 Å². The molecule has 8 heteroatoms. The zero-order chi connectivity index (χ0) is 20.9. The number of aliphatic hydroxyl groups excluding tert-OH is 1. The fourth-order valence-corrected chi connectivity index (χ4v) is 4.68. The Hall–Kier alpha value is -1.96. The van der Waals surface area contributed by atoms with Crippen molar-refractivity contribution in [1.29, 1.82) is 0 Å². The van der Waals surface area contributed by atoms with Crippen molar-refractivity contribution < 1.29 is 14.3 Å². The van der Waals surface area contributed by atoms with Crippen LogP contribution in [0.1, 0.15) is 87.9 Å². The van der Waals surface area contributed by atoms with Crippen molar-refractivity contribution in [2.45, 2.75) is 101 Å². The first-order valence-corrected chi connectivity index (χ1v) is 10.9. The average molecular weight is 408 g/mol. The Kier molecular flexibility index (Phi) is 7.27. The smallest absolute Gasteiger partial charge is 0.254 e. The molecule has 2 aliphatic rings. The number of nitrogens with one attached hydrogen (secondary N) is 2. The van der Waals surface area contributed by atoms with Gasteiger partial charge < -0.3 is 21.5 Å². The average Bonchev–Trinajstić information content (AvgIpc) is 2.88. The first-order valence-electron chi connectivity index (χ1n) is 10.9. The predicted molar refractivity (Wildman–Crippen MR) is 112 cm³/mol. The number of aromatic nitrogens is 2. The third kappa shape index (κ3) is 5.78. The van der Waals surface area contributed by atoms with Gasteiger partial charge in [-0.05, 0) is 51.4 Å². The summed E-state index contributed by atoms with van der Waals surface area (Å²) in [5.74, 6) is 0.242. The molecular weight excluding hydrogens is 373 g/mol. The van der Waals surface area contributed by atoms with Gasteiger partial charge in [0.1, 0.15) is 12.0 Å². The van der Waals surface area contributed by atoms with E-state index in [-0.39, 0.29) is 23.2 Å². The van der Waals surface area contributed by atoms with Crippen molar-refractivity contribution >= 4 is 17.7 Å².